The van der Waals surface area contributed by atoms with Gasteiger partial charge in [-0.05, 0) is 56.3 Å². The summed E-state index contributed by atoms with van der Waals surface area (Å²) < 4.78 is 13.0. The summed E-state index contributed by atoms with van der Waals surface area (Å²) in [6.45, 7) is 7.91. The molecule has 0 bridgehead atoms. The van der Waals surface area contributed by atoms with E-state index in [1.54, 1.807) is 12.1 Å². The number of nitrogens with one attached hydrogen (secondary N) is 2. The molecule has 1 aromatic carbocycles. The number of carbonyl (C=O) groups is 1. The van der Waals surface area contributed by atoms with Crippen molar-refractivity contribution in [2.24, 2.45) is 0 Å². The van der Waals surface area contributed by atoms with Crippen LogP contribution in [0.3, 0.4) is 0 Å². The number of hydrogen-bond donors (Lipinski definition) is 2. The maximum Gasteiger partial charge on any atom is 0.238 e. The third-order valence-corrected chi connectivity index (χ3v) is 5.67. The number of carbonyl (C=O) groups excluding carboxylic acids is 1. The van der Waals surface area contributed by atoms with E-state index in [4.69, 9.17) is 4.98 Å². The molecule has 29 heavy (non-hydrogen) atoms. The van der Waals surface area contributed by atoms with E-state index < -0.39 is 0 Å². The Morgan fingerprint density at radius 3 is 2.66 bits per heavy atom. The summed E-state index contributed by atoms with van der Waals surface area (Å²) in [6.07, 6.45) is 1.15. The highest BCUT2D eigenvalue weighted by atomic mass is 19.1. The zero-order valence-corrected chi connectivity index (χ0v) is 16.8. The van der Waals surface area contributed by atoms with Gasteiger partial charge in [0.2, 0.25) is 5.91 Å². The molecule has 154 valence electrons. The summed E-state index contributed by atoms with van der Waals surface area (Å²) in [6, 6.07) is 10.2. The fourth-order valence-electron chi connectivity index (χ4n) is 4.08. The van der Waals surface area contributed by atoms with Crippen molar-refractivity contribution < 1.29 is 9.18 Å². The summed E-state index contributed by atoms with van der Waals surface area (Å²) in [7, 11) is 0. The third-order valence-electron chi connectivity index (χ3n) is 5.67. The third kappa shape index (κ3) is 5.10. The van der Waals surface area contributed by atoms with Gasteiger partial charge in [-0.15, -0.1) is 0 Å². The van der Waals surface area contributed by atoms with E-state index in [1.165, 1.54) is 23.5 Å². The number of pyridine rings is 1. The lowest BCUT2D eigenvalue weighted by atomic mass is 10.0. The van der Waals surface area contributed by atoms with E-state index in [2.05, 4.69) is 39.5 Å². The molecule has 2 aliphatic heterocycles. The quantitative estimate of drug-likeness (QED) is 0.811. The van der Waals surface area contributed by atoms with Gasteiger partial charge in [0.05, 0.1) is 6.54 Å². The average molecular weight is 397 g/mol. The number of halogens is 1. The monoisotopic (exact) mass is 397 g/mol. The first kappa shape index (κ1) is 19.8. The van der Waals surface area contributed by atoms with Gasteiger partial charge in [-0.1, -0.05) is 0 Å². The van der Waals surface area contributed by atoms with Gasteiger partial charge in [-0.2, -0.15) is 0 Å². The van der Waals surface area contributed by atoms with Crippen LogP contribution >= 0.6 is 0 Å². The molecule has 2 N–H and O–H groups in total. The van der Waals surface area contributed by atoms with Crippen molar-refractivity contribution in [3.8, 4) is 0 Å². The normalized spacial score (nSPS) is 20.1. The first-order valence-corrected chi connectivity index (χ1v) is 10.3. The number of aryl methyl sites for hydroxylation is 1. The lowest BCUT2D eigenvalue weighted by Crippen LogP contribution is -2.48. The van der Waals surface area contributed by atoms with Crippen LogP contribution in [0.15, 0.2) is 36.4 Å². The van der Waals surface area contributed by atoms with Crippen LogP contribution in [0.25, 0.3) is 0 Å². The molecule has 3 heterocycles. The number of amides is 1. The minimum absolute atomic E-state index is 0.0687. The van der Waals surface area contributed by atoms with Gasteiger partial charge in [-0.25, -0.2) is 4.39 Å². The molecular formula is C22H28FN5O. The molecule has 2 aliphatic rings. The summed E-state index contributed by atoms with van der Waals surface area (Å²) >= 11 is 0. The standard InChI is InChI=1S/C22H28FN5O/c1-16-12-20(13-21(25-16)17-6-7-24-14-17)28-10-8-27(9-11-28)15-22(29)26-19-4-2-18(23)3-5-19/h2-5,12-13,17,24H,6-11,14-15H2,1H3,(H,26,29). The fraction of sp³-hybridized carbons (Fsp3) is 0.455. The zero-order valence-electron chi connectivity index (χ0n) is 16.8. The molecule has 1 aromatic heterocycles. The van der Waals surface area contributed by atoms with Crippen LogP contribution in [-0.2, 0) is 4.79 Å². The Kier molecular flexibility index (Phi) is 6.06. The zero-order chi connectivity index (χ0) is 20.2. The van der Waals surface area contributed by atoms with Crippen LogP contribution in [0, 0.1) is 12.7 Å². The van der Waals surface area contributed by atoms with Crippen LogP contribution in [0.5, 0.6) is 0 Å². The highest BCUT2D eigenvalue weighted by Gasteiger charge is 2.22. The van der Waals surface area contributed by atoms with Crippen LogP contribution in [0.2, 0.25) is 0 Å². The Balaban J connectivity index is 1.31. The molecule has 0 radical (unpaired) electrons. The molecule has 7 heteroatoms. The van der Waals surface area contributed by atoms with Crippen molar-refractivity contribution in [1.29, 1.82) is 0 Å². The van der Waals surface area contributed by atoms with Crippen molar-refractivity contribution in [2.75, 3.05) is 56.0 Å². The van der Waals surface area contributed by atoms with E-state index in [9.17, 15) is 9.18 Å². The van der Waals surface area contributed by atoms with Gasteiger partial charge in [0.1, 0.15) is 5.82 Å². The Labute approximate surface area is 171 Å². The number of anilines is 2. The van der Waals surface area contributed by atoms with Gasteiger partial charge in [0, 0.05) is 61.4 Å². The first-order valence-electron chi connectivity index (χ1n) is 10.3. The van der Waals surface area contributed by atoms with Crippen molar-refractivity contribution >= 4 is 17.3 Å². The molecule has 0 aliphatic carbocycles. The van der Waals surface area contributed by atoms with Gasteiger partial charge >= 0.3 is 0 Å². The molecule has 2 fully saturated rings. The van der Waals surface area contributed by atoms with Crippen molar-refractivity contribution in [2.45, 2.75) is 19.3 Å². The molecule has 2 aromatic rings. The molecule has 2 saturated heterocycles. The van der Waals surface area contributed by atoms with E-state index in [1.807, 2.05) is 0 Å². The smallest absolute Gasteiger partial charge is 0.238 e. The minimum Gasteiger partial charge on any atom is -0.369 e. The molecule has 0 saturated carbocycles. The number of aromatic nitrogens is 1. The predicted octanol–water partition coefficient (Wildman–Crippen LogP) is 2.37. The Morgan fingerprint density at radius 1 is 1.21 bits per heavy atom. The highest BCUT2D eigenvalue weighted by Crippen LogP contribution is 2.26. The lowest BCUT2D eigenvalue weighted by Gasteiger charge is -2.36. The highest BCUT2D eigenvalue weighted by molar-refractivity contribution is 5.92. The number of rotatable bonds is 5. The second-order valence-corrected chi connectivity index (χ2v) is 7.90. The van der Waals surface area contributed by atoms with Gasteiger partial charge in [0.25, 0.3) is 0 Å². The largest absolute Gasteiger partial charge is 0.369 e. The lowest BCUT2D eigenvalue weighted by molar-refractivity contribution is -0.117. The second-order valence-electron chi connectivity index (χ2n) is 7.90. The maximum atomic E-state index is 13.0. The van der Waals surface area contributed by atoms with Gasteiger partial charge < -0.3 is 15.5 Å². The van der Waals surface area contributed by atoms with Crippen molar-refractivity contribution in [3.05, 3.63) is 53.6 Å². The van der Waals surface area contributed by atoms with Crippen LogP contribution in [-0.4, -0.2) is 61.6 Å². The number of hydrogen-bond acceptors (Lipinski definition) is 5. The van der Waals surface area contributed by atoms with Gasteiger partial charge in [-0.3, -0.25) is 14.7 Å². The summed E-state index contributed by atoms with van der Waals surface area (Å²) in [5, 5.41) is 6.25. The van der Waals surface area contributed by atoms with Crippen molar-refractivity contribution in [1.82, 2.24) is 15.2 Å². The maximum absolute atomic E-state index is 13.0. The molecule has 1 amide bonds. The Bertz CT molecular complexity index is 843. The van der Waals surface area contributed by atoms with Crippen molar-refractivity contribution in [3.63, 3.8) is 0 Å². The number of piperazine rings is 1. The number of benzene rings is 1. The average Bonchev–Trinajstić information content (AvgIpc) is 3.25. The Hall–Kier alpha value is -2.51. The van der Waals surface area contributed by atoms with E-state index in [0.717, 1.165) is 51.4 Å². The summed E-state index contributed by atoms with van der Waals surface area (Å²) in [4.78, 5) is 21.6. The van der Waals surface area contributed by atoms with E-state index >= 15 is 0 Å². The summed E-state index contributed by atoms with van der Waals surface area (Å²) in [5.41, 5.74) is 4.10. The predicted molar refractivity (Wildman–Crippen MR) is 113 cm³/mol. The van der Waals surface area contributed by atoms with Crippen LogP contribution < -0.4 is 15.5 Å². The minimum atomic E-state index is -0.308. The first-order chi connectivity index (χ1) is 14.1. The van der Waals surface area contributed by atoms with Gasteiger partial charge in [0.15, 0.2) is 0 Å². The Morgan fingerprint density at radius 2 is 1.97 bits per heavy atom. The fourth-order valence-corrected chi connectivity index (χ4v) is 4.08. The number of nitrogens with zero attached hydrogens (tertiary/aromatic N) is 3. The molecule has 1 unspecified atom stereocenters. The molecular weight excluding hydrogens is 369 g/mol. The van der Waals surface area contributed by atoms with E-state index in [0.29, 0.717) is 18.2 Å². The second kappa shape index (κ2) is 8.88. The van der Waals surface area contributed by atoms with E-state index in [-0.39, 0.29) is 11.7 Å². The topological polar surface area (TPSA) is 60.5 Å². The SMILES string of the molecule is Cc1cc(N2CCN(CC(=O)Nc3ccc(F)cc3)CC2)cc(C2CCNC2)n1. The molecule has 6 nitrogen and oxygen atoms in total. The van der Waals surface area contributed by atoms with Crippen LogP contribution in [0.1, 0.15) is 23.7 Å². The summed E-state index contributed by atoms with van der Waals surface area (Å²) in [5.74, 6) is 0.128. The van der Waals surface area contributed by atoms with Crippen LogP contribution in [0.4, 0.5) is 15.8 Å². The molecule has 4 rings (SSSR count). The molecule has 0 spiro atoms. The molecule has 1 atom stereocenters.